The number of carbonyl (C=O) groups is 1. The molecule has 4 aromatic rings. The topological polar surface area (TPSA) is 57.5 Å². The third-order valence-electron chi connectivity index (χ3n) is 6.56. The van der Waals surface area contributed by atoms with Crippen LogP contribution in [0.2, 0.25) is 0 Å². The maximum Gasteiger partial charge on any atom is 0.279 e. The van der Waals surface area contributed by atoms with Crippen molar-refractivity contribution in [2.75, 3.05) is 0 Å². The number of hydrogen-bond acceptors (Lipinski definition) is 3. The Balaban J connectivity index is 1.40. The zero-order valence-corrected chi connectivity index (χ0v) is 18.0. The molecule has 0 aromatic heterocycles. The van der Waals surface area contributed by atoms with Gasteiger partial charge in [-0.25, -0.2) is 0 Å². The third kappa shape index (κ3) is 2.79. The number of fused-ring (bicyclic) bond motifs is 6. The summed E-state index contributed by atoms with van der Waals surface area (Å²) in [6.45, 7) is 0. The average Bonchev–Trinajstić information content (AvgIpc) is 3.30. The molecule has 0 radical (unpaired) electrons. The van der Waals surface area contributed by atoms with Gasteiger partial charge in [-0.3, -0.25) is 4.79 Å². The molecule has 0 unspecified atom stereocenters. The molecule has 0 bridgehead atoms. The minimum Gasteiger partial charge on any atom is -0.369 e. The average molecular weight is 438 g/mol. The first-order chi connectivity index (χ1) is 16.5. The summed E-state index contributed by atoms with van der Waals surface area (Å²) >= 11 is 0. The van der Waals surface area contributed by atoms with E-state index in [1.54, 1.807) is 0 Å². The van der Waals surface area contributed by atoms with Gasteiger partial charge in [-0.15, -0.1) is 0 Å². The summed E-state index contributed by atoms with van der Waals surface area (Å²) < 4.78 is 0. The molecular weight excluding hydrogens is 420 g/mol. The van der Waals surface area contributed by atoms with Crippen molar-refractivity contribution < 1.29 is 15.0 Å². The lowest BCUT2D eigenvalue weighted by Crippen LogP contribution is -2.23. The van der Waals surface area contributed by atoms with E-state index in [2.05, 4.69) is 23.7 Å². The number of Topliss-reactive ketones (excluding diaryl/α,β-unsaturated/α-hetero) is 1. The van der Waals surface area contributed by atoms with Crippen LogP contribution in [0.1, 0.15) is 22.3 Å². The van der Waals surface area contributed by atoms with Gasteiger partial charge in [0.25, 0.3) is 5.78 Å². The Morgan fingerprint density at radius 1 is 0.500 bits per heavy atom. The lowest BCUT2D eigenvalue weighted by atomic mass is 9.91. The standard InChI is InChI=1S/C31H18O3/c32-21(17-19-30(33)26-13-5-1-9-22(26)23-10-2-6-14-27(23)30)18-20-31(34)28-15-7-3-11-24(28)25-12-4-8-16-29(25)31/h1-16,33-34H. The summed E-state index contributed by atoms with van der Waals surface area (Å²) in [7, 11) is 0. The third-order valence-corrected chi connectivity index (χ3v) is 6.56. The van der Waals surface area contributed by atoms with Gasteiger partial charge in [-0.1, -0.05) is 97.1 Å². The molecule has 0 aliphatic heterocycles. The molecule has 0 saturated heterocycles. The monoisotopic (exact) mass is 438 g/mol. The van der Waals surface area contributed by atoms with Gasteiger partial charge in [0.1, 0.15) is 0 Å². The normalized spacial score (nSPS) is 14.9. The first-order valence-corrected chi connectivity index (χ1v) is 11.0. The Bertz CT molecular complexity index is 1410. The van der Waals surface area contributed by atoms with Gasteiger partial charge in [0.15, 0.2) is 11.2 Å². The van der Waals surface area contributed by atoms with Gasteiger partial charge in [0, 0.05) is 22.3 Å². The molecule has 160 valence electrons. The van der Waals surface area contributed by atoms with Gasteiger partial charge in [0.05, 0.1) is 0 Å². The summed E-state index contributed by atoms with van der Waals surface area (Å²) in [4.78, 5) is 12.7. The van der Waals surface area contributed by atoms with Gasteiger partial charge in [0.2, 0.25) is 0 Å². The smallest absolute Gasteiger partial charge is 0.279 e. The summed E-state index contributed by atoms with van der Waals surface area (Å²) in [5, 5.41) is 23.0. The van der Waals surface area contributed by atoms with E-state index in [1.807, 2.05) is 97.1 Å². The summed E-state index contributed by atoms with van der Waals surface area (Å²) in [5.41, 5.74) is 2.92. The molecule has 0 amide bonds. The van der Waals surface area contributed by atoms with E-state index in [0.717, 1.165) is 22.3 Å². The van der Waals surface area contributed by atoms with E-state index in [9.17, 15) is 15.0 Å². The molecule has 0 atom stereocenters. The predicted molar refractivity (Wildman–Crippen MR) is 130 cm³/mol. The Labute approximate surface area is 197 Å². The quantitative estimate of drug-likeness (QED) is 0.316. The van der Waals surface area contributed by atoms with Crippen LogP contribution in [0.5, 0.6) is 0 Å². The van der Waals surface area contributed by atoms with Crippen LogP contribution in [0.25, 0.3) is 22.3 Å². The highest BCUT2D eigenvalue weighted by molar-refractivity contribution is 6.09. The minimum atomic E-state index is -1.60. The van der Waals surface area contributed by atoms with Crippen LogP contribution in [0.3, 0.4) is 0 Å². The Morgan fingerprint density at radius 2 is 0.765 bits per heavy atom. The zero-order chi connectivity index (χ0) is 23.3. The van der Waals surface area contributed by atoms with E-state index < -0.39 is 17.0 Å². The summed E-state index contributed by atoms with van der Waals surface area (Å²) in [6.07, 6.45) is 0. The van der Waals surface area contributed by atoms with E-state index in [4.69, 9.17) is 0 Å². The number of rotatable bonds is 0. The Hall–Kier alpha value is -4.41. The van der Waals surface area contributed by atoms with Crippen LogP contribution in [0.15, 0.2) is 97.1 Å². The lowest BCUT2D eigenvalue weighted by molar-refractivity contribution is -0.109. The van der Waals surface area contributed by atoms with Crippen molar-refractivity contribution in [3.63, 3.8) is 0 Å². The van der Waals surface area contributed by atoms with Crippen molar-refractivity contribution in [3.05, 3.63) is 119 Å². The highest BCUT2D eigenvalue weighted by atomic mass is 16.3. The molecule has 2 aliphatic carbocycles. The van der Waals surface area contributed by atoms with Crippen molar-refractivity contribution in [3.8, 4) is 45.9 Å². The maximum absolute atomic E-state index is 12.7. The van der Waals surface area contributed by atoms with Crippen LogP contribution < -0.4 is 0 Å². The maximum atomic E-state index is 12.7. The van der Waals surface area contributed by atoms with Crippen LogP contribution in [0.4, 0.5) is 0 Å². The van der Waals surface area contributed by atoms with Crippen LogP contribution >= 0.6 is 0 Å². The largest absolute Gasteiger partial charge is 0.369 e. The predicted octanol–water partition coefficient (Wildman–Crippen LogP) is 4.40. The fourth-order valence-electron chi connectivity index (χ4n) is 5.02. The number of benzene rings is 4. The van der Waals surface area contributed by atoms with Gasteiger partial charge in [-0.2, -0.15) is 0 Å². The van der Waals surface area contributed by atoms with Crippen LogP contribution in [-0.2, 0) is 16.0 Å². The fraction of sp³-hybridized carbons (Fsp3) is 0.0645. The van der Waals surface area contributed by atoms with Gasteiger partial charge in [-0.05, 0) is 45.9 Å². The van der Waals surface area contributed by atoms with Crippen molar-refractivity contribution in [2.24, 2.45) is 0 Å². The second-order valence-electron chi connectivity index (χ2n) is 8.43. The van der Waals surface area contributed by atoms with Gasteiger partial charge >= 0.3 is 0 Å². The number of ketones is 1. The van der Waals surface area contributed by atoms with Gasteiger partial charge < -0.3 is 10.2 Å². The zero-order valence-electron chi connectivity index (χ0n) is 18.0. The van der Waals surface area contributed by atoms with Crippen LogP contribution in [0, 0.1) is 23.7 Å². The molecule has 34 heavy (non-hydrogen) atoms. The van der Waals surface area contributed by atoms with Crippen molar-refractivity contribution >= 4 is 5.78 Å². The van der Waals surface area contributed by atoms with E-state index in [-0.39, 0.29) is 0 Å². The molecule has 0 saturated carbocycles. The molecule has 3 nitrogen and oxygen atoms in total. The summed E-state index contributed by atoms with van der Waals surface area (Å²) in [6, 6.07) is 30.0. The van der Waals surface area contributed by atoms with Crippen molar-refractivity contribution in [1.82, 2.24) is 0 Å². The Kier molecular flexibility index (Phi) is 4.34. The molecule has 6 rings (SSSR count). The molecule has 0 heterocycles. The van der Waals surface area contributed by atoms with Crippen LogP contribution in [-0.4, -0.2) is 16.0 Å². The van der Waals surface area contributed by atoms with E-state index in [0.29, 0.717) is 22.3 Å². The second-order valence-corrected chi connectivity index (χ2v) is 8.43. The Morgan fingerprint density at radius 3 is 1.06 bits per heavy atom. The molecule has 0 spiro atoms. The molecule has 0 fully saturated rings. The molecule has 2 aliphatic rings. The lowest BCUT2D eigenvalue weighted by Gasteiger charge is -2.19. The molecule has 3 heteroatoms. The highest BCUT2D eigenvalue weighted by Crippen LogP contribution is 2.48. The van der Waals surface area contributed by atoms with Crippen molar-refractivity contribution in [1.29, 1.82) is 0 Å². The highest BCUT2D eigenvalue weighted by Gasteiger charge is 2.41. The van der Waals surface area contributed by atoms with E-state index >= 15 is 0 Å². The molecular formula is C31H18O3. The number of carbonyl (C=O) groups excluding carboxylic acids is 1. The molecule has 4 aromatic carbocycles. The van der Waals surface area contributed by atoms with E-state index in [1.165, 1.54) is 0 Å². The number of aliphatic hydroxyl groups is 2. The second kappa shape index (κ2) is 7.30. The number of hydrogen-bond donors (Lipinski definition) is 2. The first-order valence-electron chi connectivity index (χ1n) is 11.0. The molecule has 2 N–H and O–H groups in total. The SMILES string of the molecule is O=C(C#CC1(O)c2ccccc2-c2ccccc21)C#CC1(O)c2ccccc2-c2ccccc21. The minimum absolute atomic E-state index is 0.640. The summed E-state index contributed by atoms with van der Waals surface area (Å²) in [5.74, 6) is 9.89. The fourth-order valence-corrected chi connectivity index (χ4v) is 5.02. The van der Waals surface area contributed by atoms with Crippen molar-refractivity contribution in [2.45, 2.75) is 11.2 Å². The first kappa shape index (κ1) is 20.2.